The van der Waals surface area contributed by atoms with E-state index < -0.39 is 15.9 Å². The lowest BCUT2D eigenvalue weighted by molar-refractivity contribution is -0.136. The van der Waals surface area contributed by atoms with Gasteiger partial charge in [0.05, 0.1) is 11.5 Å². The number of benzene rings is 1. The molecular weight excluding hydrogens is 408 g/mol. The van der Waals surface area contributed by atoms with E-state index in [0.717, 1.165) is 16.5 Å². The highest BCUT2D eigenvalue weighted by Gasteiger charge is 2.44. The number of carbonyl (C=O) groups excluding carboxylic acids is 2. The summed E-state index contributed by atoms with van der Waals surface area (Å²) in [5.74, 6) is -0.238. The van der Waals surface area contributed by atoms with Gasteiger partial charge in [0.25, 0.3) is 0 Å². The summed E-state index contributed by atoms with van der Waals surface area (Å²) in [6.07, 6.45) is 0.788. The predicted molar refractivity (Wildman–Crippen MR) is 97.8 cm³/mol. The van der Waals surface area contributed by atoms with Crippen molar-refractivity contribution in [2.45, 2.75) is 25.3 Å². The Kier molecular flexibility index (Phi) is 5.20. The first-order valence-corrected chi connectivity index (χ1v) is 10.9. The molecule has 0 bridgehead atoms. The molecule has 1 aliphatic carbocycles. The molecule has 1 heterocycles. The van der Waals surface area contributed by atoms with Crippen molar-refractivity contribution >= 4 is 37.6 Å². The summed E-state index contributed by atoms with van der Waals surface area (Å²) in [5.41, 5.74) is 1.13. The first-order chi connectivity index (χ1) is 11.8. The number of amides is 2. The third-order valence-corrected chi connectivity index (χ3v) is 6.95. The Bertz CT molecular complexity index is 764. The van der Waals surface area contributed by atoms with Crippen LogP contribution >= 0.6 is 15.9 Å². The monoisotopic (exact) mass is 428 g/mol. The molecule has 25 heavy (non-hydrogen) atoms. The van der Waals surface area contributed by atoms with Crippen LogP contribution in [0.5, 0.6) is 0 Å². The molecule has 0 radical (unpaired) electrons. The van der Waals surface area contributed by atoms with Crippen LogP contribution in [-0.4, -0.2) is 55.8 Å². The van der Waals surface area contributed by atoms with E-state index in [1.54, 1.807) is 6.92 Å². The van der Waals surface area contributed by atoms with Crippen LogP contribution in [0.3, 0.4) is 0 Å². The Labute approximate surface area is 156 Å². The van der Waals surface area contributed by atoms with Crippen LogP contribution in [0.2, 0.25) is 0 Å². The molecule has 3 atom stereocenters. The minimum atomic E-state index is -3.03. The minimum absolute atomic E-state index is 0.00628. The van der Waals surface area contributed by atoms with Crippen LogP contribution in [0.15, 0.2) is 28.7 Å². The second-order valence-corrected chi connectivity index (χ2v) is 9.93. The molecular formula is C17H21BrN2O4S. The predicted octanol–water partition coefficient (Wildman–Crippen LogP) is 1.31. The van der Waals surface area contributed by atoms with E-state index in [-0.39, 0.29) is 48.2 Å². The van der Waals surface area contributed by atoms with E-state index >= 15 is 0 Å². The summed E-state index contributed by atoms with van der Waals surface area (Å²) < 4.78 is 23.9. The molecule has 6 nitrogen and oxygen atoms in total. The van der Waals surface area contributed by atoms with Gasteiger partial charge in [-0.2, -0.15) is 0 Å². The maximum Gasteiger partial charge on any atom is 0.244 e. The van der Waals surface area contributed by atoms with Gasteiger partial charge in [-0.15, -0.1) is 0 Å². The molecule has 0 spiro atoms. The van der Waals surface area contributed by atoms with Gasteiger partial charge in [-0.1, -0.05) is 28.1 Å². The summed E-state index contributed by atoms with van der Waals surface area (Å²) in [5, 5.41) is 2.78. The van der Waals surface area contributed by atoms with E-state index in [1.165, 1.54) is 4.90 Å². The highest BCUT2D eigenvalue weighted by Crippen LogP contribution is 2.47. The first-order valence-electron chi connectivity index (χ1n) is 8.32. The quantitative estimate of drug-likeness (QED) is 0.783. The Morgan fingerprint density at radius 2 is 1.80 bits per heavy atom. The fraction of sp³-hybridized carbons (Fsp3) is 0.529. The lowest BCUT2D eigenvalue weighted by atomic mass is 10.1. The van der Waals surface area contributed by atoms with Gasteiger partial charge in [0.2, 0.25) is 11.8 Å². The van der Waals surface area contributed by atoms with Crippen molar-refractivity contribution in [3.63, 3.8) is 0 Å². The van der Waals surface area contributed by atoms with E-state index in [4.69, 9.17) is 0 Å². The van der Waals surface area contributed by atoms with Crippen molar-refractivity contribution in [2.75, 3.05) is 24.6 Å². The summed E-state index contributed by atoms with van der Waals surface area (Å²) in [4.78, 5) is 26.3. The van der Waals surface area contributed by atoms with E-state index in [0.29, 0.717) is 0 Å². The van der Waals surface area contributed by atoms with E-state index in [1.807, 2.05) is 24.3 Å². The van der Waals surface area contributed by atoms with Gasteiger partial charge >= 0.3 is 0 Å². The molecule has 2 aliphatic rings. The van der Waals surface area contributed by atoms with E-state index in [9.17, 15) is 18.0 Å². The van der Waals surface area contributed by atoms with Gasteiger partial charge in [-0.05, 0) is 37.0 Å². The number of rotatable bonds is 4. The third kappa shape index (κ3) is 4.41. The molecule has 136 valence electrons. The molecule has 3 rings (SSSR count). The number of carbonyl (C=O) groups is 2. The number of nitrogens with one attached hydrogen (secondary N) is 1. The fourth-order valence-electron chi connectivity index (χ4n) is 3.15. The van der Waals surface area contributed by atoms with Crippen LogP contribution in [0.4, 0.5) is 0 Å². The van der Waals surface area contributed by atoms with Crippen LogP contribution in [0, 0.1) is 5.92 Å². The third-order valence-electron chi connectivity index (χ3n) is 4.81. The van der Waals surface area contributed by atoms with Crippen LogP contribution < -0.4 is 5.32 Å². The molecule has 0 aromatic heterocycles. The van der Waals surface area contributed by atoms with E-state index in [2.05, 4.69) is 21.2 Å². The van der Waals surface area contributed by atoms with Crippen LogP contribution in [0.1, 0.15) is 24.8 Å². The summed E-state index contributed by atoms with van der Waals surface area (Å²) in [6, 6.07) is 7.29. The number of hydrogen-bond acceptors (Lipinski definition) is 4. The van der Waals surface area contributed by atoms with Gasteiger partial charge in [-0.25, -0.2) is 8.42 Å². The normalized spacial score (nSPS) is 25.9. The molecule has 1 N–H and O–H groups in total. The number of sulfone groups is 1. The van der Waals surface area contributed by atoms with Crippen LogP contribution in [-0.2, 0) is 19.4 Å². The molecule has 3 unspecified atom stereocenters. The molecule has 1 aromatic rings. The van der Waals surface area contributed by atoms with Crippen molar-refractivity contribution < 1.29 is 18.0 Å². The Hall–Kier alpha value is -1.41. The van der Waals surface area contributed by atoms with Crippen molar-refractivity contribution in [1.29, 1.82) is 0 Å². The van der Waals surface area contributed by atoms with Gasteiger partial charge in [0.1, 0.15) is 6.04 Å². The van der Waals surface area contributed by atoms with Crippen molar-refractivity contribution in [1.82, 2.24) is 10.2 Å². The number of hydrogen-bond donors (Lipinski definition) is 1. The van der Waals surface area contributed by atoms with Crippen molar-refractivity contribution in [3.8, 4) is 0 Å². The zero-order valence-corrected chi connectivity index (χ0v) is 16.3. The Balaban J connectivity index is 1.51. The van der Waals surface area contributed by atoms with Gasteiger partial charge < -0.3 is 10.2 Å². The molecule has 2 fully saturated rings. The lowest BCUT2D eigenvalue weighted by Crippen LogP contribution is -2.52. The summed E-state index contributed by atoms with van der Waals surface area (Å²) >= 11 is 3.39. The average Bonchev–Trinajstić information content (AvgIpc) is 3.35. The highest BCUT2D eigenvalue weighted by molar-refractivity contribution is 9.10. The Morgan fingerprint density at radius 3 is 2.40 bits per heavy atom. The summed E-state index contributed by atoms with van der Waals surface area (Å²) in [7, 11) is -3.03. The maximum atomic E-state index is 12.4. The largest absolute Gasteiger partial charge is 0.344 e. The van der Waals surface area contributed by atoms with Gasteiger partial charge in [0, 0.05) is 23.5 Å². The Morgan fingerprint density at radius 1 is 1.20 bits per heavy atom. The molecule has 1 aliphatic heterocycles. The van der Waals surface area contributed by atoms with Gasteiger partial charge in [0.15, 0.2) is 9.84 Å². The molecule has 8 heteroatoms. The lowest BCUT2D eigenvalue weighted by Gasteiger charge is -2.29. The molecule has 1 saturated carbocycles. The first kappa shape index (κ1) is 18.4. The summed E-state index contributed by atoms with van der Waals surface area (Å²) in [6.45, 7) is 2.05. The topological polar surface area (TPSA) is 83.6 Å². The number of halogens is 1. The smallest absolute Gasteiger partial charge is 0.244 e. The number of nitrogens with zero attached hydrogens (tertiary/aromatic N) is 1. The SMILES string of the molecule is CC(NC(=O)C1CC1c1ccc(Br)cc1)C(=O)N1CCS(=O)(=O)CC1. The molecule has 1 saturated heterocycles. The van der Waals surface area contributed by atoms with Crippen LogP contribution in [0.25, 0.3) is 0 Å². The standard InChI is InChI=1S/C17H21BrN2O4S/c1-11(17(22)20-6-8-25(23,24)9-7-20)19-16(21)15-10-14(15)12-2-4-13(18)5-3-12/h2-5,11,14-15H,6-10H2,1H3,(H,19,21). The average molecular weight is 429 g/mol. The maximum absolute atomic E-state index is 12.4. The second kappa shape index (κ2) is 7.07. The highest BCUT2D eigenvalue weighted by atomic mass is 79.9. The van der Waals surface area contributed by atoms with Crippen molar-refractivity contribution in [3.05, 3.63) is 34.3 Å². The zero-order chi connectivity index (χ0) is 18.2. The zero-order valence-electron chi connectivity index (χ0n) is 13.9. The molecule has 1 aromatic carbocycles. The second-order valence-electron chi connectivity index (χ2n) is 6.71. The van der Waals surface area contributed by atoms with Gasteiger partial charge in [-0.3, -0.25) is 9.59 Å². The fourth-order valence-corrected chi connectivity index (χ4v) is 4.62. The van der Waals surface area contributed by atoms with Crippen molar-refractivity contribution in [2.24, 2.45) is 5.92 Å². The minimum Gasteiger partial charge on any atom is -0.344 e. The molecule has 2 amide bonds.